The van der Waals surface area contributed by atoms with E-state index in [2.05, 4.69) is 0 Å². The predicted molar refractivity (Wildman–Crippen MR) is 119 cm³/mol. The third kappa shape index (κ3) is 7.18. The first-order valence-corrected chi connectivity index (χ1v) is 11.6. The standard InChI is InChI=1S/C18H13Cl5FNO5S/c19-9-1-2-12(13(20)3-9)18(26)29-8-11(4-10(24)7-25)30-31(27,28)17-6-15(22)14(21)5-16(17)23/h1-3,5-7,10-11,25H,4,8H2/t10-,11-/m0/s1. The predicted octanol–water partition coefficient (Wildman–Crippen LogP) is 6.26. The Morgan fingerprint density at radius 3 is 2.29 bits per heavy atom. The Bertz CT molecular complexity index is 1100. The van der Waals surface area contributed by atoms with Crippen molar-refractivity contribution in [3.05, 3.63) is 61.0 Å². The second kappa shape index (κ2) is 11.1. The quantitative estimate of drug-likeness (QED) is 0.172. The zero-order valence-corrected chi connectivity index (χ0v) is 19.8. The number of carbonyl (C=O) groups is 1. The Balaban J connectivity index is 2.23. The van der Waals surface area contributed by atoms with Crippen molar-refractivity contribution in [3.8, 4) is 0 Å². The number of rotatable bonds is 9. The van der Waals surface area contributed by atoms with E-state index in [1.54, 1.807) is 0 Å². The summed E-state index contributed by atoms with van der Waals surface area (Å²) in [7, 11) is -4.56. The third-order valence-corrected chi connectivity index (χ3v) is 6.82. The van der Waals surface area contributed by atoms with Crippen LogP contribution in [0.2, 0.25) is 25.1 Å². The molecule has 6 nitrogen and oxygen atoms in total. The van der Waals surface area contributed by atoms with Gasteiger partial charge in [0.1, 0.15) is 23.8 Å². The van der Waals surface area contributed by atoms with Crippen LogP contribution in [0.25, 0.3) is 0 Å². The number of hydrogen-bond donors (Lipinski definition) is 1. The Morgan fingerprint density at radius 1 is 1.03 bits per heavy atom. The van der Waals surface area contributed by atoms with E-state index in [1.165, 1.54) is 18.2 Å². The second-order valence-electron chi connectivity index (χ2n) is 6.01. The summed E-state index contributed by atoms with van der Waals surface area (Å²) in [5.74, 6) is -0.912. The van der Waals surface area contributed by atoms with E-state index in [1.807, 2.05) is 0 Å². The van der Waals surface area contributed by atoms with E-state index in [-0.39, 0.29) is 25.7 Å². The molecule has 168 valence electrons. The molecule has 0 aromatic heterocycles. The third-order valence-electron chi connectivity index (χ3n) is 3.73. The molecule has 2 rings (SSSR count). The van der Waals surface area contributed by atoms with Gasteiger partial charge in [0, 0.05) is 17.7 Å². The summed E-state index contributed by atoms with van der Waals surface area (Å²) in [6, 6.07) is 6.11. The summed E-state index contributed by atoms with van der Waals surface area (Å²) in [4.78, 5) is 11.8. The van der Waals surface area contributed by atoms with Gasteiger partial charge in [-0.3, -0.25) is 4.18 Å². The van der Waals surface area contributed by atoms with Gasteiger partial charge < -0.3 is 10.1 Å². The molecule has 2 aromatic carbocycles. The summed E-state index contributed by atoms with van der Waals surface area (Å²) in [5, 5.41) is 6.92. The van der Waals surface area contributed by atoms with Crippen molar-refractivity contribution in [2.75, 3.05) is 6.61 Å². The molecule has 13 heteroatoms. The van der Waals surface area contributed by atoms with Crippen LogP contribution in [0.1, 0.15) is 16.8 Å². The lowest BCUT2D eigenvalue weighted by Crippen LogP contribution is -2.29. The number of benzene rings is 2. The van der Waals surface area contributed by atoms with Gasteiger partial charge in [0.25, 0.3) is 10.1 Å². The van der Waals surface area contributed by atoms with Crippen molar-refractivity contribution in [3.63, 3.8) is 0 Å². The topological polar surface area (TPSA) is 93.5 Å². The van der Waals surface area contributed by atoms with Crippen LogP contribution in [0, 0.1) is 5.41 Å². The first-order chi connectivity index (χ1) is 14.4. The molecule has 0 fully saturated rings. The summed E-state index contributed by atoms with van der Waals surface area (Å²) in [5.41, 5.74) is -0.0379. The van der Waals surface area contributed by atoms with E-state index in [0.717, 1.165) is 12.1 Å². The molecule has 0 spiro atoms. The van der Waals surface area contributed by atoms with Crippen molar-refractivity contribution in [2.45, 2.75) is 23.6 Å². The van der Waals surface area contributed by atoms with Gasteiger partial charge in [-0.05, 0) is 30.3 Å². The molecular formula is C18H13Cl5FNO5S. The largest absolute Gasteiger partial charge is 0.459 e. The molecule has 2 aromatic rings. The van der Waals surface area contributed by atoms with Crippen LogP contribution in [0.5, 0.6) is 0 Å². The van der Waals surface area contributed by atoms with E-state index in [9.17, 15) is 17.6 Å². The van der Waals surface area contributed by atoms with Crippen LogP contribution < -0.4 is 0 Å². The van der Waals surface area contributed by atoms with Crippen molar-refractivity contribution >= 4 is 80.3 Å². The summed E-state index contributed by atoms with van der Waals surface area (Å²) >= 11 is 29.3. The van der Waals surface area contributed by atoms with Gasteiger partial charge in [-0.1, -0.05) is 58.0 Å². The maximum Gasteiger partial charge on any atom is 0.339 e. The number of nitrogens with one attached hydrogen (secondary N) is 1. The fraction of sp³-hybridized carbons (Fsp3) is 0.222. The van der Waals surface area contributed by atoms with E-state index < -0.39 is 46.3 Å². The molecule has 0 amide bonds. The molecule has 1 N–H and O–H groups in total. The normalized spacial score (nSPS) is 13.5. The molecule has 0 heterocycles. The lowest BCUT2D eigenvalue weighted by molar-refractivity contribution is 0.0283. The Morgan fingerprint density at radius 2 is 1.68 bits per heavy atom. The summed E-state index contributed by atoms with van der Waals surface area (Å²) in [6.07, 6.45) is -3.49. The van der Waals surface area contributed by atoms with E-state index >= 15 is 0 Å². The molecule has 31 heavy (non-hydrogen) atoms. The Labute approximate surface area is 202 Å². The average Bonchev–Trinajstić information content (AvgIpc) is 2.68. The van der Waals surface area contributed by atoms with Gasteiger partial charge in [-0.15, -0.1) is 0 Å². The van der Waals surface area contributed by atoms with Gasteiger partial charge in [0.15, 0.2) is 0 Å². The smallest absolute Gasteiger partial charge is 0.339 e. The van der Waals surface area contributed by atoms with Crippen molar-refractivity contribution in [2.24, 2.45) is 0 Å². The van der Waals surface area contributed by atoms with Gasteiger partial charge >= 0.3 is 5.97 Å². The number of alkyl halides is 1. The van der Waals surface area contributed by atoms with E-state index in [4.69, 9.17) is 72.3 Å². The van der Waals surface area contributed by atoms with E-state index in [0.29, 0.717) is 11.2 Å². The molecule has 0 saturated heterocycles. The minimum atomic E-state index is -4.56. The van der Waals surface area contributed by atoms with Crippen LogP contribution in [0.4, 0.5) is 4.39 Å². The number of esters is 1. The van der Waals surface area contributed by atoms with Crippen LogP contribution in [-0.2, 0) is 19.0 Å². The lowest BCUT2D eigenvalue weighted by atomic mass is 10.2. The van der Waals surface area contributed by atoms with Crippen LogP contribution in [0.3, 0.4) is 0 Å². The molecule has 0 aliphatic heterocycles. The minimum absolute atomic E-state index is 0.00744. The maximum atomic E-state index is 13.8. The highest BCUT2D eigenvalue weighted by atomic mass is 35.5. The SMILES string of the molecule is N=C[C@@H](F)C[C@@H](COC(=O)c1ccc(Cl)cc1Cl)OS(=O)(=O)c1cc(Cl)c(Cl)cc1Cl. The highest BCUT2D eigenvalue weighted by Gasteiger charge is 2.28. The zero-order chi connectivity index (χ0) is 23.3. The van der Waals surface area contributed by atoms with Crippen LogP contribution in [-0.4, -0.2) is 39.5 Å². The molecule has 0 unspecified atom stereocenters. The minimum Gasteiger partial charge on any atom is -0.459 e. The molecule has 0 aliphatic carbocycles. The fourth-order valence-electron chi connectivity index (χ4n) is 2.28. The molecule has 0 bridgehead atoms. The van der Waals surface area contributed by atoms with Crippen molar-refractivity contribution < 1.29 is 26.5 Å². The molecule has 0 aliphatic rings. The first kappa shape index (κ1) is 26.1. The number of carbonyl (C=O) groups excluding carboxylic acids is 1. The van der Waals surface area contributed by atoms with Crippen LogP contribution >= 0.6 is 58.0 Å². The molecule has 2 atom stereocenters. The van der Waals surface area contributed by atoms with Gasteiger partial charge in [-0.25, -0.2) is 9.18 Å². The Kier molecular flexibility index (Phi) is 9.39. The highest BCUT2D eigenvalue weighted by Crippen LogP contribution is 2.33. The number of hydrogen-bond acceptors (Lipinski definition) is 6. The van der Waals surface area contributed by atoms with Gasteiger partial charge in [0.05, 0.1) is 25.7 Å². The highest BCUT2D eigenvalue weighted by molar-refractivity contribution is 7.87. The summed E-state index contributed by atoms with van der Waals surface area (Å²) in [6.45, 7) is -0.662. The van der Waals surface area contributed by atoms with Crippen molar-refractivity contribution in [1.82, 2.24) is 0 Å². The Hall–Kier alpha value is -1.13. The second-order valence-corrected chi connectivity index (χ2v) is 9.62. The number of halogens is 6. The number of ether oxygens (including phenoxy) is 1. The average molecular weight is 552 g/mol. The summed E-state index contributed by atoms with van der Waals surface area (Å²) < 4.78 is 49.1. The monoisotopic (exact) mass is 549 g/mol. The van der Waals surface area contributed by atoms with Gasteiger partial charge in [0.2, 0.25) is 0 Å². The molecular weight excluding hydrogens is 539 g/mol. The maximum absolute atomic E-state index is 13.8. The lowest BCUT2D eigenvalue weighted by Gasteiger charge is -2.19. The molecule has 0 saturated carbocycles. The molecule has 0 radical (unpaired) electrons. The zero-order valence-electron chi connectivity index (χ0n) is 15.3. The van der Waals surface area contributed by atoms with Gasteiger partial charge in [-0.2, -0.15) is 8.42 Å². The van der Waals surface area contributed by atoms with Crippen LogP contribution in [0.15, 0.2) is 35.2 Å². The fourth-order valence-corrected chi connectivity index (χ4v) is 4.82. The van der Waals surface area contributed by atoms with Crippen molar-refractivity contribution in [1.29, 1.82) is 5.41 Å². The first-order valence-electron chi connectivity index (χ1n) is 8.29.